The Labute approximate surface area is 218 Å². The Balaban J connectivity index is 1.59. The lowest BCUT2D eigenvalue weighted by Crippen LogP contribution is -2.27. The van der Waals surface area contributed by atoms with Crippen molar-refractivity contribution >= 4 is 28.3 Å². The lowest BCUT2D eigenvalue weighted by Gasteiger charge is -2.22. The molecular weight excluding hydrogens is 490 g/mol. The summed E-state index contributed by atoms with van der Waals surface area (Å²) in [6.45, 7) is 10.1. The van der Waals surface area contributed by atoms with Gasteiger partial charge in [-0.25, -0.2) is 13.8 Å². The van der Waals surface area contributed by atoms with E-state index in [1.165, 1.54) is 12.1 Å². The van der Waals surface area contributed by atoms with Gasteiger partial charge in [0.15, 0.2) is 11.6 Å². The number of anilines is 2. The minimum atomic E-state index is -0.960. The maximum atomic E-state index is 14.4. The van der Waals surface area contributed by atoms with Gasteiger partial charge in [-0.15, -0.1) is 0 Å². The number of aryl methyl sites for hydroxylation is 1. The van der Waals surface area contributed by atoms with Crippen molar-refractivity contribution in [3.8, 4) is 5.69 Å². The molecule has 8 nitrogen and oxygen atoms in total. The number of nitrogens with zero attached hydrogens (tertiary/aromatic N) is 5. The summed E-state index contributed by atoms with van der Waals surface area (Å²) < 4.78 is 31.4. The van der Waals surface area contributed by atoms with E-state index in [0.29, 0.717) is 16.3 Å². The minimum absolute atomic E-state index is 0.163. The lowest BCUT2D eigenvalue weighted by atomic mass is 9.96. The summed E-state index contributed by atoms with van der Waals surface area (Å²) in [7, 11) is 1.99. The average Bonchev–Trinajstić information content (AvgIpc) is 3.43. The Morgan fingerprint density at radius 3 is 2.39 bits per heavy atom. The fourth-order valence-corrected chi connectivity index (χ4v) is 5.04. The molecule has 38 heavy (non-hydrogen) atoms. The van der Waals surface area contributed by atoms with Gasteiger partial charge >= 0.3 is 0 Å². The first-order valence-corrected chi connectivity index (χ1v) is 12.6. The third-order valence-electron chi connectivity index (χ3n) is 6.87. The maximum Gasteiger partial charge on any atom is 0.276 e. The molecule has 1 fully saturated rings. The van der Waals surface area contributed by atoms with Gasteiger partial charge in [-0.05, 0) is 42.7 Å². The molecule has 0 radical (unpaired) electrons. The van der Waals surface area contributed by atoms with Crippen molar-refractivity contribution in [3.05, 3.63) is 76.0 Å². The molecule has 2 aromatic heterocycles. The number of carbonyl (C=O) groups is 1. The van der Waals surface area contributed by atoms with E-state index in [1.807, 2.05) is 19.2 Å². The SMILES string of the molecule is CC1CCN(c2c(NC(=O)c3ccc(=O)n(-c4c(F)cccc4F)n3)ccc3c2nc(C(C)(C)C)n3C)C1. The lowest BCUT2D eigenvalue weighted by molar-refractivity contribution is 0.102. The second-order valence-corrected chi connectivity index (χ2v) is 10.9. The molecule has 1 aliphatic heterocycles. The van der Waals surface area contributed by atoms with Crippen molar-refractivity contribution in [1.82, 2.24) is 19.3 Å². The maximum absolute atomic E-state index is 14.4. The molecule has 1 aliphatic rings. The highest BCUT2D eigenvalue weighted by Crippen LogP contribution is 2.39. The molecule has 198 valence electrons. The van der Waals surface area contributed by atoms with Crippen LogP contribution in [0.25, 0.3) is 16.7 Å². The van der Waals surface area contributed by atoms with Crippen LogP contribution >= 0.6 is 0 Å². The van der Waals surface area contributed by atoms with Crippen LogP contribution in [-0.2, 0) is 12.5 Å². The first-order chi connectivity index (χ1) is 18.0. The molecule has 4 aromatic rings. The van der Waals surface area contributed by atoms with Gasteiger partial charge in [0.2, 0.25) is 0 Å². The number of imidazole rings is 1. The van der Waals surface area contributed by atoms with E-state index in [2.05, 4.69) is 47.6 Å². The number of fused-ring (bicyclic) bond motifs is 1. The number of amides is 1. The zero-order valence-electron chi connectivity index (χ0n) is 22.0. The molecule has 3 heterocycles. The standard InChI is InChI=1S/C28H30F2N6O2/c1-16-13-14-35(15-16)25-19(9-11-21-23(25)32-27(34(21)5)28(2,3)4)31-26(38)20-10-12-22(37)36(33-20)24-17(29)7-6-8-18(24)30/h6-12,16H,13-15H2,1-5H3,(H,31,38). The summed E-state index contributed by atoms with van der Waals surface area (Å²) in [6, 6.07) is 9.29. The second-order valence-electron chi connectivity index (χ2n) is 10.9. The number of halogens is 2. The summed E-state index contributed by atoms with van der Waals surface area (Å²) >= 11 is 0. The third-order valence-corrected chi connectivity index (χ3v) is 6.87. The number of aromatic nitrogens is 4. The van der Waals surface area contributed by atoms with Gasteiger partial charge in [0.05, 0.1) is 16.9 Å². The van der Waals surface area contributed by atoms with E-state index in [9.17, 15) is 18.4 Å². The zero-order chi connectivity index (χ0) is 27.4. The van der Waals surface area contributed by atoms with Crippen LogP contribution in [0.5, 0.6) is 0 Å². The number of nitrogens with one attached hydrogen (secondary N) is 1. The van der Waals surface area contributed by atoms with Crippen molar-refractivity contribution in [2.24, 2.45) is 13.0 Å². The summed E-state index contributed by atoms with van der Waals surface area (Å²) in [4.78, 5) is 33.0. The van der Waals surface area contributed by atoms with Gasteiger partial charge in [-0.1, -0.05) is 33.8 Å². The van der Waals surface area contributed by atoms with Crippen LogP contribution in [0.3, 0.4) is 0 Å². The third kappa shape index (κ3) is 4.44. The highest BCUT2D eigenvalue weighted by molar-refractivity contribution is 6.08. The first-order valence-electron chi connectivity index (χ1n) is 12.6. The van der Waals surface area contributed by atoms with Crippen LogP contribution in [0, 0.1) is 17.6 Å². The predicted molar refractivity (Wildman–Crippen MR) is 143 cm³/mol. The molecule has 5 rings (SSSR count). The highest BCUT2D eigenvalue weighted by atomic mass is 19.1. The first kappa shape index (κ1) is 25.6. The fraction of sp³-hybridized carbons (Fsp3) is 0.357. The largest absolute Gasteiger partial charge is 0.368 e. The van der Waals surface area contributed by atoms with Gasteiger partial charge < -0.3 is 14.8 Å². The quantitative estimate of drug-likeness (QED) is 0.418. The average molecular weight is 521 g/mol. The van der Waals surface area contributed by atoms with Gasteiger partial charge in [-0.2, -0.15) is 9.78 Å². The van der Waals surface area contributed by atoms with Crippen LogP contribution in [0.2, 0.25) is 0 Å². The number of para-hydroxylation sites is 1. The summed E-state index contributed by atoms with van der Waals surface area (Å²) in [5, 5.41) is 6.90. The monoisotopic (exact) mass is 520 g/mol. The molecule has 1 unspecified atom stereocenters. The Morgan fingerprint density at radius 1 is 1.05 bits per heavy atom. The van der Waals surface area contributed by atoms with Gasteiger partial charge in [0.1, 0.15) is 22.7 Å². The second kappa shape index (κ2) is 9.34. The van der Waals surface area contributed by atoms with Gasteiger partial charge in [-0.3, -0.25) is 9.59 Å². The van der Waals surface area contributed by atoms with Crippen LogP contribution in [0.15, 0.2) is 47.3 Å². The van der Waals surface area contributed by atoms with Crippen LogP contribution in [0.4, 0.5) is 20.2 Å². The molecule has 1 amide bonds. The predicted octanol–water partition coefficient (Wildman–Crippen LogP) is 4.79. The summed E-state index contributed by atoms with van der Waals surface area (Å²) in [5.41, 5.74) is 1.35. The number of hydrogen-bond acceptors (Lipinski definition) is 5. The van der Waals surface area contributed by atoms with Crippen LogP contribution < -0.4 is 15.8 Å². The Morgan fingerprint density at radius 2 is 1.76 bits per heavy atom. The van der Waals surface area contributed by atoms with E-state index in [-0.39, 0.29) is 11.1 Å². The molecule has 1 atom stereocenters. The Hall–Kier alpha value is -4.08. The molecule has 1 saturated heterocycles. The number of rotatable bonds is 4. The van der Waals surface area contributed by atoms with Crippen LogP contribution in [-0.4, -0.2) is 38.3 Å². The van der Waals surface area contributed by atoms with E-state index >= 15 is 0 Å². The highest BCUT2D eigenvalue weighted by Gasteiger charge is 2.29. The molecule has 0 aliphatic carbocycles. The van der Waals surface area contributed by atoms with Crippen molar-refractivity contribution in [3.63, 3.8) is 0 Å². The van der Waals surface area contributed by atoms with E-state index < -0.39 is 28.8 Å². The molecular formula is C28H30F2N6O2. The number of benzene rings is 2. The summed E-state index contributed by atoms with van der Waals surface area (Å²) in [5.74, 6) is -1.13. The summed E-state index contributed by atoms with van der Waals surface area (Å²) in [6.07, 6.45) is 1.02. The topological polar surface area (TPSA) is 85.1 Å². The molecule has 0 saturated carbocycles. The molecule has 10 heteroatoms. The van der Waals surface area contributed by atoms with Gasteiger partial charge in [0, 0.05) is 31.6 Å². The smallest absolute Gasteiger partial charge is 0.276 e. The minimum Gasteiger partial charge on any atom is -0.368 e. The van der Waals surface area contributed by atoms with Crippen molar-refractivity contribution in [2.45, 2.75) is 39.5 Å². The molecule has 0 spiro atoms. The molecule has 0 bridgehead atoms. The van der Waals surface area contributed by atoms with E-state index in [1.54, 1.807) is 0 Å². The van der Waals surface area contributed by atoms with E-state index in [4.69, 9.17) is 4.98 Å². The Bertz CT molecular complexity index is 1600. The normalized spacial score (nSPS) is 15.9. The van der Waals surface area contributed by atoms with E-state index in [0.717, 1.165) is 60.3 Å². The number of carbonyl (C=O) groups excluding carboxylic acids is 1. The fourth-order valence-electron chi connectivity index (χ4n) is 5.04. The zero-order valence-corrected chi connectivity index (χ0v) is 22.0. The van der Waals surface area contributed by atoms with Crippen LogP contribution in [0.1, 0.15) is 50.4 Å². The Kier molecular flexibility index (Phi) is 6.28. The van der Waals surface area contributed by atoms with Crippen molar-refractivity contribution in [2.75, 3.05) is 23.3 Å². The number of hydrogen-bond donors (Lipinski definition) is 1. The molecule has 2 aromatic carbocycles. The molecule has 1 N–H and O–H groups in total. The van der Waals surface area contributed by atoms with Crippen molar-refractivity contribution in [1.29, 1.82) is 0 Å². The van der Waals surface area contributed by atoms with Gasteiger partial charge in [0.25, 0.3) is 11.5 Å². The van der Waals surface area contributed by atoms with Crippen molar-refractivity contribution < 1.29 is 13.6 Å².